The number of nitrogens with one attached hydrogen (secondary N) is 2. The van der Waals surface area contributed by atoms with Crippen LogP contribution >= 0.6 is 11.6 Å². The molecule has 3 saturated carbocycles. The van der Waals surface area contributed by atoms with Crippen molar-refractivity contribution in [2.75, 3.05) is 6.61 Å². The molecule has 34 heavy (non-hydrogen) atoms. The Balaban J connectivity index is 1.34. The summed E-state index contributed by atoms with van der Waals surface area (Å²) in [6.07, 6.45) is -1.83. The van der Waals surface area contributed by atoms with Crippen LogP contribution in [0.4, 0.5) is 17.6 Å². The molecule has 1 aromatic carbocycles. The summed E-state index contributed by atoms with van der Waals surface area (Å²) in [5, 5.41) is 5.88. The Hall–Kier alpha value is -2.75. The molecule has 11 heteroatoms. The summed E-state index contributed by atoms with van der Waals surface area (Å²) < 4.78 is 61.9. The van der Waals surface area contributed by atoms with Gasteiger partial charge in [0, 0.05) is 17.1 Å². The second-order valence-electron chi connectivity index (χ2n) is 9.07. The normalized spacial score (nSPS) is 26.2. The molecule has 1 aromatic heterocycles. The van der Waals surface area contributed by atoms with Gasteiger partial charge in [-0.05, 0) is 62.3 Å². The third-order valence-corrected chi connectivity index (χ3v) is 7.18. The van der Waals surface area contributed by atoms with Crippen LogP contribution in [-0.2, 0) is 11.0 Å². The van der Waals surface area contributed by atoms with Crippen LogP contribution in [0.2, 0.25) is 5.02 Å². The van der Waals surface area contributed by atoms with Gasteiger partial charge in [0.25, 0.3) is 11.8 Å². The number of rotatable bonds is 6. The lowest BCUT2D eigenvalue weighted by molar-refractivity contribution is -0.153. The van der Waals surface area contributed by atoms with Crippen molar-refractivity contribution in [2.45, 2.75) is 56.3 Å². The number of amides is 2. The van der Waals surface area contributed by atoms with E-state index in [1.807, 2.05) is 6.92 Å². The first kappa shape index (κ1) is 24.4. The molecule has 0 spiro atoms. The molecule has 0 radical (unpaired) electrons. The number of ether oxygens (including phenoxy) is 1. The van der Waals surface area contributed by atoms with Gasteiger partial charge in [0.15, 0.2) is 12.4 Å². The van der Waals surface area contributed by atoms with E-state index in [9.17, 15) is 27.2 Å². The SMILES string of the molecule is CC1CC2(NC(=O)c3ccc(C(F)(F)F)o3)CCC1(NC(=O)COc1ccc(Cl)c(F)c1)CC2. The van der Waals surface area contributed by atoms with E-state index in [1.165, 1.54) is 12.1 Å². The molecule has 1 atom stereocenters. The molecule has 3 aliphatic carbocycles. The summed E-state index contributed by atoms with van der Waals surface area (Å²) in [6, 6.07) is 5.66. The Bertz CT molecular complexity index is 1090. The molecule has 6 nitrogen and oxygen atoms in total. The molecule has 2 amide bonds. The largest absolute Gasteiger partial charge is 0.484 e. The number of benzene rings is 1. The van der Waals surface area contributed by atoms with Crippen LogP contribution < -0.4 is 15.4 Å². The number of alkyl halides is 3. The van der Waals surface area contributed by atoms with Crippen LogP contribution in [0.15, 0.2) is 34.7 Å². The Labute approximate surface area is 198 Å². The van der Waals surface area contributed by atoms with Gasteiger partial charge in [0.05, 0.1) is 5.02 Å². The molecule has 1 unspecified atom stereocenters. The first-order chi connectivity index (χ1) is 15.9. The van der Waals surface area contributed by atoms with Crippen LogP contribution in [0.25, 0.3) is 0 Å². The quantitative estimate of drug-likeness (QED) is 0.538. The molecule has 184 valence electrons. The maximum absolute atomic E-state index is 13.5. The lowest BCUT2D eigenvalue weighted by atomic mass is 9.56. The van der Waals surface area contributed by atoms with Crippen molar-refractivity contribution in [3.05, 3.63) is 52.7 Å². The highest BCUT2D eigenvalue weighted by Gasteiger charge is 2.54. The van der Waals surface area contributed by atoms with E-state index in [0.717, 1.165) is 18.2 Å². The van der Waals surface area contributed by atoms with Gasteiger partial charge in [-0.25, -0.2) is 4.39 Å². The van der Waals surface area contributed by atoms with Crippen molar-refractivity contribution >= 4 is 23.4 Å². The summed E-state index contributed by atoms with van der Waals surface area (Å²) in [4.78, 5) is 25.1. The van der Waals surface area contributed by atoms with Gasteiger partial charge in [0.1, 0.15) is 11.6 Å². The minimum absolute atomic E-state index is 0.00503. The van der Waals surface area contributed by atoms with E-state index >= 15 is 0 Å². The molecule has 2 bridgehead atoms. The Morgan fingerprint density at radius 3 is 2.44 bits per heavy atom. The second-order valence-corrected chi connectivity index (χ2v) is 9.48. The number of hydrogen-bond donors (Lipinski definition) is 2. The van der Waals surface area contributed by atoms with E-state index in [0.29, 0.717) is 32.1 Å². The molecule has 2 aromatic rings. The minimum Gasteiger partial charge on any atom is -0.484 e. The molecular formula is C23H23ClF4N2O4. The number of furan rings is 1. The number of halogens is 5. The number of fused-ring (bicyclic) bond motifs is 3. The average Bonchev–Trinajstić information content (AvgIpc) is 3.27. The molecule has 3 aliphatic rings. The summed E-state index contributed by atoms with van der Waals surface area (Å²) >= 11 is 5.64. The van der Waals surface area contributed by atoms with Crippen molar-refractivity contribution < 1.29 is 36.3 Å². The number of hydrogen-bond acceptors (Lipinski definition) is 4. The summed E-state index contributed by atoms with van der Waals surface area (Å²) in [5.74, 6) is -3.12. The van der Waals surface area contributed by atoms with Gasteiger partial charge < -0.3 is 19.8 Å². The number of carbonyl (C=O) groups is 2. The predicted octanol–water partition coefficient (Wildman–Crippen LogP) is 5.11. The zero-order valence-corrected chi connectivity index (χ0v) is 19.0. The lowest BCUT2D eigenvalue weighted by Gasteiger charge is -2.57. The van der Waals surface area contributed by atoms with Crippen molar-refractivity contribution in [1.29, 1.82) is 0 Å². The van der Waals surface area contributed by atoms with Crippen molar-refractivity contribution in [1.82, 2.24) is 10.6 Å². The molecule has 3 fully saturated rings. The summed E-state index contributed by atoms with van der Waals surface area (Å²) in [6.45, 7) is 1.67. The van der Waals surface area contributed by atoms with Crippen LogP contribution in [0.5, 0.6) is 5.75 Å². The zero-order chi connectivity index (χ0) is 24.7. The van der Waals surface area contributed by atoms with Crippen LogP contribution in [0.1, 0.15) is 55.3 Å². The highest BCUT2D eigenvalue weighted by Crippen LogP contribution is 2.50. The van der Waals surface area contributed by atoms with Crippen LogP contribution in [0, 0.1) is 11.7 Å². The number of carbonyl (C=O) groups excluding carboxylic acids is 2. The van der Waals surface area contributed by atoms with Gasteiger partial charge in [-0.1, -0.05) is 18.5 Å². The van der Waals surface area contributed by atoms with Gasteiger partial charge >= 0.3 is 6.18 Å². The lowest BCUT2D eigenvalue weighted by Crippen LogP contribution is -2.67. The summed E-state index contributed by atoms with van der Waals surface area (Å²) in [7, 11) is 0. The van der Waals surface area contributed by atoms with Gasteiger partial charge in [-0.15, -0.1) is 0 Å². The maximum atomic E-state index is 13.5. The fourth-order valence-corrected chi connectivity index (χ4v) is 5.14. The predicted molar refractivity (Wildman–Crippen MR) is 114 cm³/mol. The fraction of sp³-hybridized carbons (Fsp3) is 0.478. The fourth-order valence-electron chi connectivity index (χ4n) is 5.02. The van der Waals surface area contributed by atoms with Crippen molar-refractivity contribution in [3.8, 4) is 5.75 Å². The second kappa shape index (κ2) is 8.79. The minimum atomic E-state index is -4.66. The van der Waals surface area contributed by atoms with Gasteiger partial charge in [-0.3, -0.25) is 9.59 Å². The van der Waals surface area contributed by atoms with Crippen LogP contribution in [-0.4, -0.2) is 29.5 Å². The van der Waals surface area contributed by atoms with E-state index in [-0.39, 0.29) is 35.0 Å². The Morgan fingerprint density at radius 1 is 1.15 bits per heavy atom. The van der Waals surface area contributed by atoms with E-state index in [1.54, 1.807) is 0 Å². The van der Waals surface area contributed by atoms with Gasteiger partial charge in [-0.2, -0.15) is 13.2 Å². The highest BCUT2D eigenvalue weighted by molar-refractivity contribution is 6.30. The van der Waals surface area contributed by atoms with E-state index in [2.05, 4.69) is 10.6 Å². The molecule has 0 aliphatic heterocycles. The molecular weight excluding hydrogens is 480 g/mol. The molecule has 1 heterocycles. The third-order valence-electron chi connectivity index (χ3n) is 6.88. The summed E-state index contributed by atoms with van der Waals surface area (Å²) in [5.41, 5.74) is -1.06. The first-order valence-corrected chi connectivity index (χ1v) is 11.2. The molecule has 0 saturated heterocycles. The van der Waals surface area contributed by atoms with Crippen molar-refractivity contribution in [3.63, 3.8) is 0 Å². The highest BCUT2D eigenvalue weighted by atomic mass is 35.5. The topological polar surface area (TPSA) is 80.6 Å². The third kappa shape index (κ3) is 4.87. The zero-order valence-electron chi connectivity index (χ0n) is 18.2. The molecule has 5 rings (SSSR count). The smallest absolute Gasteiger partial charge is 0.449 e. The standard InChI is InChI=1S/C23H23ClF4N2O4/c1-13-11-21(30-20(32)17-4-5-18(34-17)23(26,27)28)6-8-22(13,9-7-21)29-19(31)12-33-14-2-3-15(24)16(25)10-14/h2-5,10,13H,6-9,11-12H2,1H3,(H,29,31)(H,30,32). The van der Waals surface area contributed by atoms with Crippen LogP contribution in [0.3, 0.4) is 0 Å². The van der Waals surface area contributed by atoms with E-state index in [4.69, 9.17) is 20.8 Å². The Kier molecular flexibility index (Phi) is 6.30. The van der Waals surface area contributed by atoms with Crippen molar-refractivity contribution in [2.24, 2.45) is 5.92 Å². The van der Waals surface area contributed by atoms with E-state index < -0.39 is 34.7 Å². The molecule has 2 N–H and O–H groups in total. The monoisotopic (exact) mass is 502 g/mol. The first-order valence-electron chi connectivity index (χ1n) is 10.8. The average molecular weight is 503 g/mol. The Morgan fingerprint density at radius 2 is 1.85 bits per heavy atom. The maximum Gasteiger partial charge on any atom is 0.449 e. The van der Waals surface area contributed by atoms with Gasteiger partial charge in [0.2, 0.25) is 5.76 Å².